The molecule has 4 N–H and O–H groups in total. The molecule has 0 aliphatic rings. The molecule has 1 atom stereocenters. The number of carbonyl (C=O) groups excluding carboxylic acids is 1. The predicted molar refractivity (Wildman–Crippen MR) is 78.4 cm³/mol. The zero-order valence-electron chi connectivity index (χ0n) is 10.8. The molecule has 0 saturated carbocycles. The van der Waals surface area contributed by atoms with Gasteiger partial charge in [-0.25, -0.2) is 14.6 Å². The van der Waals surface area contributed by atoms with Gasteiger partial charge in [0.05, 0.1) is 17.2 Å². The summed E-state index contributed by atoms with van der Waals surface area (Å²) in [7, 11) is 0. The molecule has 21 heavy (non-hydrogen) atoms. The number of aliphatic carboxylic acids is 1. The van der Waals surface area contributed by atoms with E-state index in [0.29, 0.717) is 16.6 Å². The molecule has 2 rings (SSSR count). The molecule has 7 nitrogen and oxygen atoms in total. The minimum absolute atomic E-state index is 0.133. The van der Waals surface area contributed by atoms with Gasteiger partial charge in [-0.05, 0) is 12.1 Å². The molecule has 0 unspecified atom stereocenters. The Labute approximate surface area is 129 Å². The summed E-state index contributed by atoms with van der Waals surface area (Å²) in [6.45, 7) is 0.291. The topological polar surface area (TPSA) is 107 Å². The lowest BCUT2D eigenvalue weighted by Crippen LogP contribution is -2.46. The van der Waals surface area contributed by atoms with Gasteiger partial charge in [-0.3, -0.25) is 0 Å². The fourth-order valence-electron chi connectivity index (χ4n) is 1.64. The van der Waals surface area contributed by atoms with Crippen molar-refractivity contribution < 1.29 is 14.7 Å². The standard InChI is InChI=1S/C12H13ClN4O3S/c13-10-2-1-8(21-10)5-15-12(20)17-9(11(18)19)3-7-4-14-6-16-7/h1-2,4,6,9H,3,5H2,(H,14,16)(H,18,19)(H2,15,17,20)/t9-/m0/s1. The largest absolute Gasteiger partial charge is 0.480 e. The summed E-state index contributed by atoms with van der Waals surface area (Å²) in [5.41, 5.74) is 0.632. The SMILES string of the molecule is O=C(NCc1ccc(Cl)s1)N[C@@H](Cc1cnc[nH]1)C(=O)O. The lowest BCUT2D eigenvalue weighted by atomic mass is 10.2. The predicted octanol–water partition coefficient (Wildman–Crippen LogP) is 1.62. The number of hydrogen-bond acceptors (Lipinski definition) is 4. The van der Waals surface area contributed by atoms with Crippen LogP contribution in [0.5, 0.6) is 0 Å². The van der Waals surface area contributed by atoms with Gasteiger partial charge in [-0.2, -0.15) is 0 Å². The maximum absolute atomic E-state index is 11.7. The van der Waals surface area contributed by atoms with E-state index in [2.05, 4.69) is 20.6 Å². The maximum Gasteiger partial charge on any atom is 0.326 e. The fraction of sp³-hybridized carbons (Fsp3) is 0.250. The fourth-order valence-corrected chi connectivity index (χ4v) is 2.67. The van der Waals surface area contributed by atoms with Gasteiger partial charge in [0.2, 0.25) is 0 Å². The summed E-state index contributed by atoms with van der Waals surface area (Å²) in [6.07, 6.45) is 3.10. The van der Waals surface area contributed by atoms with Crippen LogP contribution in [0.1, 0.15) is 10.6 Å². The van der Waals surface area contributed by atoms with Crippen LogP contribution >= 0.6 is 22.9 Å². The van der Waals surface area contributed by atoms with Crippen LogP contribution < -0.4 is 10.6 Å². The Hall–Kier alpha value is -2.06. The molecule has 2 aromatic heterocycles. The summed E-state index contributed by atoms with van der Waals surface area (Å²) < 4.78 is 0.634. The molecule has 0 aromatic carbocycles. The first-order valence-electron chi connectivity index (χ1n) is 6.03. The van der Waals surface area contributed by atoms with Crippen molar-refractivity contribution in [2.45, 2.75) is 19.0 Å². The minimum Gasteiger partial charge on any atom is -0.480 e. The van der Waals surface area contributed by atoms with Crippen LogP contribution in [0.25, 0.3) is 0 Å². The number of imidazole rings is 1. The van der Waals surface area contributed by atoms with Crippen molar-refractivity contribution in [1.29, 1.82) is 0 Å². The highest BCUT2D eigenvalue weighted by molar-refractivity contribution is 7.16. The van der Waals surface area contributed by atoms with Gasteiger partial charge in [0.1, 0.15) is 6.04 Å². The Morgan fingerprint density at radius 1 is 1.48 bits per heavy atom. The van der Waals surface area contributed by atoms with Crippen LogP contribution in [0.2, 0.25) is 4.34 Å². The summed E-state index contributed by atoms with van der Waals surface area (Å²) in [5.74, 6) is -1.11. The van der Waals surface area contributed by atoms with Gasteiger partial charge in [0.25, 0.3) is 0 Å². The van der Waals surface area contributed by atoms with Crippen molar-refractivity contribution in [2.75, 3.05) is 0 Å². The molecule has 0 aliphatic heterocycles. The monoisotopic (exact) mass is 328 g/mol. The van der Waals surface area contributed by atoms with Gasteiger partial charge in [0, 0.05) is 23.2 Å². The first-order valence-corrected chi connectivity index (χ1v) is 7.22. The van der Waals surface area contributed by atoms with E-state index in [1.165, 1.54) is 23.9 Å². The van der Waals surface area contributed by atoms with Crippen LogP contribution in [0.4, 0.5) is 4.79 Å². The summed E-state index contributed by atoms with van der Waals surface area (Å²) in [6, 6.07) is 1.95. The lowest BCUT2D eigenvalue weighted by molar-refractivity contribution is -0.139. The molecule has 0 radical (unpaired) electrons. The second-order valence-corrected chi connectivity index (χ2v) is 6.00. The molecule has 9 heteroatoms. The van der Waals surface area contributed by atoms with Crippen molar-refractivity contribution in [3.63, 3.8) is 0 Å². The van der Waals surface area contributed by atoms with E-state index in [9.17, 15) is 9.59 Å². The van der Waals surface area contributed by atoms with Crippen LogP contribution in [0.15, 0.2) is 24.7 Å². The molecule has 0 saturated heterocycles. The number of carboxylic acids is 1. The maximum atomic E-state index is 11.7. The van der Waals surface area contributed by atoms with Crippen LogP contribution in [-0.2, 0) is 17.8 Å². The number of carboxylic acid groups (broad SMARTS) is 1. The van der Waals surface area contributed by atoms with Gasteiger partial charge < -0.3 is 20.7 Å². The van der Waals surface area contributed by atoms with Crippen molar-refractivity contribution in [3.8, 4) is 0 Å². The average Bonchev–Trinajstić information content (AvgIpc) is 3.07. The Morgan fingerprint density at radius 3 is 2.86 bits per heavy atom. The number of amides is 2. The number of nitrogens with one attached hydrogen (secondary N) is 3. The number of thiophene rings is 1. The van der Waals surface area contributed by atoms with E-state index in [-0.39, 0.29) is 6.42 Å². The number of H-pyrrole nitrogens is 1. The Kier molecular flexibility index (Phi) is 5.18. The number of aromatic nitrogens is 2. The highest BCUT2D eigenvalue weighted by Crippen LogP contribution is 2.20. The second kappa shape index (κ2) is 7.09. The molecule has 2 heterocycles. The first kappa shape index (κ1) is 15.3. The van der Waals surface area contributed by atoms with Crippen LogP contribution in [0, 0.1) is 0 Å². The summed E-state index contributed by atoms with van der Waals surface area (Å²) in [4.78, 5) is 30.4. The number of rotatable bonds is 6. The van der Waals surface area contributed by atoms with Crippen molar-refractivity contribution in [3.05, 3.63) is 39.6 Å². The van der Waals surface area contributed by atoms with Crippen molar-refractivity contribution >= 4 is 34.9 Å². The number of urea groups is 1. The van der Waals surface area contributed by atoms with E-state index >= 15 is 0 Å². The molecule has 112 valence electrons. The molecular formula is C12H13ClN4O3S. The quantitative estimate of drug-likeness (QED) is 0.646. The molecule has 0 aliphatic carbocycles. The third-order valence-corrected chi connectivity index (χ3v) is 3.87. The number of hydrogen-bond donors (Lipinski definition) is 4. The van der Waals surface area contributed by atoms with E-state index in [0.717, 1.165) is 4.88 Å². The van der Waals surface area contributed by atoms with Crippen LogP contribution in [-0.4, -0.2) is 33.1 Å². The number of carbonyl (C=O) groups is 2. The normalized spacial score (nSPS) is 11.9. The van der Waals surface area contributed by atoms with Crippen molar-refractivity contribution in [1.82, 2.24) is 20.6 Å². The Balaban J connectivity index is 1.84. The second-order valence-electron chi connectivity index (χ2n) is 4.20. The highest BCUT2D eigenvalue weighted by atomic mass is 35.5. The molecule has 0 fully saturated rings. The van der Waals surface area contributed by atoms with E-state index in [4.69, 9.17) is 16.7 Å². The van der Waals surface area contributed by atoms with E-state index in [1.807, 2.05) is 0 Å². The molecular weight excluding hydrogens is 316 g/mol. The van der Waals surface area contributed by atoms with Crippen LogP contribution in [0.3, 0.4) is 0 Å². The summed E-state index contributed by atoms with van der Waals surface area (Å²) >= 11 is 7.14. The highest BCUT2D eigenvalue weighted by Gasteiger charge is 2.20. The molecule has 0 bridgehead atoms. The lowest BCUT2D eigenvalue weighted by Gasteiger charge is -2.14. The molecule has 2 amide bonds. The van der Waals surface area contributed by atoms with Gasteiger partial charge in [-0.15, -0.1) is 11.3 Å². The van der Waals surface area contributed by atoms with E-state index < -0.39 is 18.0 Å². The smallest absolute Gasteiger partial charge is 0.326 e. The number of aromatic amines is 1. The Bertz CT molecular complexity index is 614. The zero-order chi connectivity index (χ0) is 15.2. The van der Waals surface area contributed by atoms with E-state index in [1.54, 1.807) is 12.1 Å². The summed E-state index contributed by atoms with van der Waals surface area (Å²) in [5, 5.41) is 14.1. The molecule has 0 spiro atoms. The molecule has 2 aromatic rings. The van der Waals surface area contributed by atoms with Gasteiger partial charge in [0.15, 0.2) is 0 Å². The minimum atomic E-state index is -1.11. The zero-order valence-corrected chi connectivity index (χ0v) is 12.4. The van der Waals surface area contributed by atoms with Crippen molar-refractivity contribution in [2.24, 2.45) is 0 Å². The van der Waals surface area contributed by atoms with Gasteiger partial charge in [-0.1, -0.05) is 11.6 Å². The third kappa shape index (κ3) is 4.76. The third-order valence-electron chi connectivity index (χ3n) is 2.63. The van der Waals surface area contributed by atoms with Gasteiger partial charge >= 0.3 is 12.0 Å². The number of halogens is 1. The Morgan fingerprint density at radius 2 is 2.29 bits per heavy atom. The average molecular weight is 329 g/mol. The number of nitrogens with zero attached hydrogens (tertiary/aromatic N) is 1. The first-order chi connectivity index (χ1) is 10.0.